The zero-order valence-electron chi connectivity index (χ0n) is 78.0. The number of aromatic nitrogens is 6. The Bertz CT molecular complexity index is 4690. The third kappa shape index (κ3) is 44.2. The van der Waals surface area contributed by atoms with E-state index in [4.69, 9.17) is 79.2 Å². The molecule has 37 heteroatoms. The number of ketones is 1. The fourth-order valence-corrected chi connectivity index (χ4v) is 14.6. The number of piperidine rings is 5. The number of aliphatic hydroxyl groups is 4. The molecular formula is C93H136BBrCl2N14O19. The Hall–Kier alpha value is -9.50. The second-order valence-electron chi connectivity index (χ2n) is 37.7. The number of rotatable bonds is 16. The first-order chi connectivity index (χ1) is 60.4. The van der Waals surface area contributed by atoms with E-state index in [1.54, 1.807) is 90.1 Å². The van der Waals surface area contributed by atoms with Gasteiger partial charge in [-0.2, -0.15) is 0 Å². The molecule has 5 saturated heterocycles. The van der Waals surface area contributed by atoms with Gasteiger partial charge in [0.2, 0.25) is 0 Å². The minimum Gasteiger partial charge on any atom is -0.508 e. The number of likely N-dealkylation sites (tertiary alicyclic amines) is 2. The van der Waals surface area contributed by atoms with E-state index in [1.165, 1.54) is 30.2 Å². The molecule has 130 heavy (non-hydrogen) atoms. The molecule has 4 aromatic carbocycles. The molecule has 0 spiro atoms. The van der Waals surface area contributed by atoms with Crippen molar-refractivity contribution < 1.29 is 93.1 Å². The maximum Gasteiger partial charge on any atom is 0.492 e. The maximum absolute atomic E-state index is 12.1. The standard InChI is InChI=1S/C21H28N4O4.C18H27NO3.C15H23ClN4O3.C12H15NO.C11H21NO3.C6H7BO3.C6H12O2.C4H3BrClN3/c1-20(2,3)29-18(27)13-21(28)8-10-25(11-9-21)16-12-15(23-24-19(16)22)14-6-4-5-7-17(14)26;1-17(2,3)22-16(20)13-18(21)9-11-19(12-10-18)14-15-7-5-4-6-8-15;1-14(2,3)23-12(21)9-15(22)4-6-20(7-5-15)10-8-11(16)18-19-13(10)17;14-12-6-8-13(9-7-12)10-11-4-2-1-3-5-11;1-10(2,3)15-9(13)8-11(14)4-6-12-7-5-11;8-6-4-2-1-3-5(6)7(9)10;1-5(7)8-6(2,3)4;5-2-1-3(6)8-9-4(2)7/h4-7,12,26,28H,8-11,13H2,1-3H3,(H2,22,24);4-8,21H,9-14H2,1-3H3;8,22H,4-7,9H2,1-3H3,(H2,17,19);1-5H,6-10H2;12,14H,4-8H2,1-3H3;1-4,8-10H;1-4H3;1H,(H2,7,9). The molecule has 0 atom stereocenters. The average molecular weight is 1920 g/mol. The van der Waals surface area contributed by atoms with Crippen LogP contribution in [-0.2, 0) is 65.5 Å². The molecule has 716 valence electrons. The molecule has 7 aromatic rings. The number of halogens is 3. The fraction of sp³-hybridized carbons (Fsp3) is 0.548. The topological polar surface area (TPSA) is 491 Å². The molecule has 0 bridgehead atoms. The van der Waals surface area contributed by atoms with Gasteiger partial charge in [0.05, 0.1) is 69.6 Å². The number of anilines is 5. The van der Waals surface area contributed by atoms with Crippen LogP contribution in [0.25, 0.3) is 11.3 Å². The third-order valence-corrected chi connectivity index (χ3v) is 21.0. The van der Waals surface area contributed by atoms with Crippen molar-refractivity contribution in [3.8, 4) is 22.8 Å². The zero-order valence-corrected chi connectivity index (χ0v) is 81.1. The molecule has 33 nitrogen and oxygen atoms in total. The predicted octanol–water partition coefficient (Wildman–Crippen LogP) is 11.6. The Kier molecular flexibility index (Phi) is 43.5. The number of nitrogens with two attached hydrogens (primary N) is 3. The Labute approximate surface area is 783 Å². The molecule has 8 heterocycles. The number of nitrogens with zero attached hydrogens (tertiary/aromatic N) is 10. The highest BCUT2D eigenvalue weighted by molar-refractivity contribution is 9.10. The Morgan fingerprint density at radius 3 is 1.12 bits per heavy atom. The van der Waals surface area contributed by atoms with Crippen LogP contribution in [0, 0.1) is 0 Å². The minimum absolute atomic E-state index is 0.0110. The van der Waals surface area contributed by atoms with Crippen molar-refractivity contribution in [3.05, 3.63) is 153 Å². The first kappa shape index (κ1) is 111. The molecule has 5 aliphatic heterocycles. The van der Waals surface area contributed by atoms with E-state index in [0.717, 1.165) is 65.2 Å². The molecule has 0 radical (unpaired) electrons. The zero-order chi connectivity index (χ0) is 97.2. The number of ether oxygens (including phenoxy) is 5. The number of aromatic hydroxyl groups is 2. The van der Waals surface area contributed by atoms with Crippen LogP contribution in [0.3, 0.4) is 0 Å². The molecular weight excluding hydrogens is 1780 g/mol. The van der Waals surface area contributed by atoms with Gasteiger partial charge in [0, 0.05) is 102 Å². The van der Waals surface area contributed by atoms with E-state index in [2.05, 4.69) is 98.0 Å². The van der Waals surface area contributed by atoms with E-state index < -0.39 is 57.9 Å². The molecule has 0 unspecified atom stereocenters. The van der Waals surface area contributed by atoms with Crippen molar-refractivity contribution in [3.63, 3.8) is 0 Å². The van der Waals surface area contributed by atoms with Gasteiger partial charge >= 0.3 is 37.0 Å². The van der Waals surface area contributed by atoms with Gasteiger partial charge in [0.15, 0.2) is 27.8 Å². The van der Waals surface area contributed by atoms with Gasteiger partial charge in [-0.25, -0.2) is 0 Å². The lowest BCUT2D eigenvalue weighted by molar-refractivity contribution is -0.163. The molecule has 5 fully saturated rings. The van der Waals surface area contributed by atoms with Crippen LogP contribution in [0.5, 0.6) is 11.5 Å². The summed E-state index contributed by atoms with van der Waals surface area (Å²) in [6, 6.07) is 38.7. The largest absolute Gasteiger partial charge is 0.508 e. The van der Waals surface area contributed by atoms with E-state index in [1.807, 2.05) is 102 Å². The highest BCUT2D eigenvalue weighted by Crippen LogP contribution is 2.37. The van der Waals surface area contributed by atoms with Gasteiger partial charge in [-0.05, 0) is 226 Å². The van der Waals surface area contributed by atoms with Crippen molar-refractivity contribution in [1.29, 1.82) is 0 Å². The summed E-state index contributed by atoms with van der Waals surface area (Å²) in [5.74, 6) is -0.291. The van der Waals surface area contributed by atoms with E-state index in [0.29, 0.717) is 127 Å². The molecule has 5 aliphatic rings. The first-order valence-electron chi connectivity index (χ1n) is 43.4. The molecule has 0 amide bonds. The maximum atomic E-state index is 12.1. The number of Topliss-reactive ketones (excluding diaryl/α,β-unsaturated/α-hetero) is 1. The van der Waals surface area contributed by atoms with Crippen LogP contribution >= 0.6 is 39.1 Å². The minimum atomic E-state index is -1.60. The lowest BCUT2D eigenvalue weighted by atomic mass is 9.80. The Balaban J connectivity index is 0.000000272. The molecule has 12 rings (SSSR count). The third-order valence-electron chi connectivity index (χ3n) is 20.0. The number of benzene rings is 4. The van der Waals surface area contributed by atoms with Gasteiger partial charge in [-0.3, -0.25) is 38.6 Å². The summed E-state index contributed by atoms with van der Waals surface area (Å²) in [4.78, 5) is 77.4. The molecule has 15 N–H and O–H groups in total. The highest BCUT2D eigenvalue weighted by atomic mass is 79.9. The quantitative estimate of drug-likeness (QED) is 0.0243. The number of hydrogen-bond acceptors (Lipinski definition) is 33. The summed E-state index contributed by atoms with van der Waals surface area (Å²) in [5, 5.41) is 105. The second-order valence-corrected chi connectivity index (χ2v) is 39.4. The summed E-state index contributed by atoms with van der Waals surface area (Å²) in [6.45, 7) is 37.8. The van der Waals surface area contributed by atoms with Crippen LogP contribution < -0.4 is 37.8 Å². The number of nitrogen functional groups attached to an aromatic ring is 3. The van der Waals surface area contributed by atoms with Crippen LogP contribution in [-0.4, -0.2) is 240 Å². The van der Waals surface area contributed by atoms with Crippen molar-refractivity contribution in [1.82, 2.24) is 45.7 Å². The summed E-state index contributed by atoms with van der Waals surface area (Å²) in [6.07, 6.45) is 5.73. The van der Waals surface area contributed by atoms with Crippen molar-refractivity contribution in [2.45, 2.75) is 264 Å². The second kappa shape index (κ2) is 50.9. The van der Waals surface area contributed by atoms with Gasteiger partial charge in [-0.1, -0.05) is 114 Å². The predicted molar refractivity (Wildman–Crippen MR) is 507 cm³/mol. The Morgan fingerprint density at radius 2 is 0.769 bits per heavy atom. The number of phenolic OH excluding ortho intramolecular Hbond substituents is 2. The number of para-hydroxylation sites is 2. The average Bonchev–Trinajstić information content (AvgIpc) is 0.794. The summed E-state index contributed by atoms with van der Waals surface area (Å²) < 4.78 is 26.6. The van der Waals surface area contributed by atoms with Crippen LogP contribution in [0.15, 0.2) is 132 Å². The van der Waals surface area contributed by atoms with Crippen LogP contribution in [0.2, 0.25) is 10.3 Å². The lowest BCUT2D eigenvalue weighted by Crippen LogP contribution is -2.46. The van der Waals surface area contributed by atoms with Crippen molar-refractivity contribution in [2.24, 2.45) is 0 Å². The summed E-state index contributed by atoms with van der Waals surface area (Å²) >= 11 is 14.4. The smallest absolute Gasteiger partial charge is 0.492 e. The number of carbonyl (C=O) groups excluding carboxylic acids is 6. The van der Waals surface area contributed by atoms with Crippen LogP contribution in [0.1, 0.15) is 212 Å². The van der Waals surface area contributed by atoms with Gasteiger partial charge in [0.25, 0.3) is 0 Å². The van der Waals surface area contributed by atoms with Crippen molar-refractivity contribution >= 4 is 116 Å². The number of esters is 5. The molecule has 0 saturated carbocycles. The monoisotopic (exact) mass is 1910 g/mol. The normalized spacial score (nSPS) is 16.5. The number of nitrogens with one attached hydrogen (secondary N) is 1. The summed E-state index contributed by atoms with van der Waals surface area (Å²) in [5.41, 5.74) is 16.0. The summed E-state index contributed by atoms with van der Waals surface area (Å²) in [7, 11) is -1.60. The fourth-order valence-electron chi connectivity index (χ4n) is 13.9. The van der Waals surface area contributed by atoms with Gasteiger partial charge in [-0.15, -0.1) is 30.6 Å². The number of carbonyl (C=O) groups is 6. The van der Waals surface area contributed by atoms with Crippen LogP contribution in [0.4, 0.5) is 28.8 Å². The van der Waals surface area contributed by atoms with Crippen molar-refractivity contribution in [2.75, 3.05) is 92.4 Å². The number of hydrogen-bond donors (Lipinski definition) is 12. The molecule has 0 aliphatic carbocycles. The van der Waals surface area contributed by atoms with E-state index in [9.17, 15) is 54.3 Å². The molecule has 3 aromatic heterocycles. The van der Waals surface area contributed by atoms with Gasteiger partial charge in [0.1, 0.15) is 45.3 Å². The highest BCUT2D eigenvalue weighted by Gasteiger charge is 2.41. The lowest BCUT2D eigenvalue weighted by Gasteiger charge is -2.39. The SMILES string of the molecule is CC(=O)OC(C)(C)C.CC(C)(C)OC(=O)CC1(O)CCN(Cc2ccccc2)CC1.CC(C)(C)OC(=O)CC1(O)CCN(c2cc(-c3ccccc3O)nnc2N)CC1.CC(C)(C)OC(=O)CC1(O)CCN(c2cc(Cl)nnc2N)CC1.CC(C)(C)OC(=O)CC1(O)CCNCC1.Nc1nnc(Cl)cc1Br.O=C1CCN(Cc2ccccc2)CC1.OB(O)c1ccccc1O. The van der Waals surface area contributed by atoms with Gasteiger partial charge < -0.3 is 96.7 Å². The Morgan fingerprint density at radius 1 is 0.438 bits per heavy atom. The van der Waals surface area contributed by atoms with E-state index >= 15 is 0 Å². The number of phenols is 2. The first-order valence-corrected chi connectivity index (χ1v) is 44.9. The van der Waals surface area contributed by atoms with E-state index in [-0.39, 0.29) is 83.1 Å².